The molecule has 0 aliphatic rings. The smallest absolute Gasteiger partial charge is 0.352 e. The molecule has 0 spiro atoms. The molecule has 2 rings (SSSR count). The van der Waals surface area contributed by atoms with Crippen LogP contribution in [0, 0.1) is 0 Å². The van der Waals surface area contributed by atoms with Crippen LogP contribution in [0.3, 0.4) is 0 Å². The average molecular weight is 340 g/mol. The van der Waals surface area contributed by atoms with Gasteiger partial charge in [0.25, 0.3) is 5.91 Å². The minimum atomic E-state index is -0.946. The number of halogens is 1. The Labute approximate surface area is 136 Å². The number of carbonyl (C=O) groups is 2. The van der Waals surface area contributed by atoms with Gasteiger partial charge in [-0.3, -0.25) is 4.79 Å². The average Bonchev–Trinajstić information content (AvgIpc) is 2.95. The number of aryl methyl sites for hydroxylation is 1. The highest BCUT2D eigenvalue weighted by Crippen LogP contribution is 2.17. The van der Waals surface area contributed by atoms with Gasteiger partial charge in [0.1, 0.15) is 0 Å². The van der Waals surface area contributed by atoms with E-state index < -0.39 is 18.0 Å². The van der Waals surface area contributed by atoms with Gasteiger partial charge >= 0.3 is 5.97 Å². The van der Waals surface area contributed by atoms with Gasteiger partial charge in [-0.15, -0.1) is 5.10 Å². The Morgan fingerprint density at radius 3 is 2.91 bits per heavy atom. The molecule has 0 unspecified atom stereocenters. The maximum atomic E-state index is 12.0. The van der Waals surface area contributed by atoms with Gasteiger partial charge in [0.15, 0.2) is 11.0 Å². The van der Waals surface area contributed by atoms with Gasteiger partial charge in [-0.25, -0.2) is 4.79 Å². The van der Waals surface area contributed by atoms with Crippen molar-refractivity contribution in [1.82, 2.24) is 9.59 Å². The number of carbonyl (C=O) groups excluding carboxylic acids is 2. The maximum absolute atomic E-state index is 12.0. The first kappa shape index (κ1) is 16.4. The molecule has 1 heterocycles. The SMILES string of the molecule is CCc1nnsc1C(=O)O[C@H](C)C(=O)Nc1cccc(Cl)c1. The van der Waals surface area contributed by atoms with E-state index in [9.17, 15) is 9.59 Å². The predicted octanol–water partition coefficient (Wildman–Crippen LogP) is 2.94. The zero-order valence-electron chi connectivity index (χ0n) is 12.0. The fourth-order valence-corrected chi connectivity index (χ4v) is 2.50. The summed E-state index contributed by atoms with van der Waals surface area (Å²) in [5.41, 5.74) is 1.10. The Balaban J connectivity index is 1.98. The number of hydrogen-bond donors (Lipinski definition) is 1. The molecule has 1 amide bonds. The van der Waals surface area contributed by atoms with E-state index in [0.717, 1.165) is 11.5 Å². The zero-order chi connectivity index (χ0) is 16.1. The molecule has 0 saturated heterocycles. The summed E-state index contributed by atoms with van der Waals surface area (Å²) in [5.74, 6) is -1.04. The Morgan fingerprint density at radius 1 is 1.45 bits per heavy atom. The van der Waals surface area contributed by atoms with E-state index in [-0.39, 0.29) is 0 Å². The van der Waals surface area contributed by atoms with Crippen LogP contribution in [0.5, 0.6) is 0 Å². The lowest BCUT2D eigenvalue weighted by molar-refractivity contribution is -0.123. The molecule has 6 nitrogen and oxygen atoms in total. The summed E-state index contributed by atoms with van der Waals surface area (Å²) >= 11 is 6.80. The van der Waals surface area contributed by atoms with Crippen molar-refractivity contribution in [3.05, 3.63) is 39.9 Å². The van der Waals surface area contributed by atoms with E-state index in [0.29, 0.717) is 27.7 Å². The van der Waals surface area contributed by atoms with Crippen LogP contribution in [0.25, 0.3) is 0 Å². The van der Waals surface area contributed by atoms with E-state index in [1.54, 1.807) is 24.3 Å². The van der Waals surface area contributed by atoms with Crippen molar-refractivity contribution in [2.45, 2.75) is 26.4 Å². The third-order valence-corrected chi connectivity index (χ3v) is 3.80. The van der Waals surface area contributed by atoms with Crippen molar-refractivity contribution in [1.29, 1.82) is 0 Å². The highest BCUT2D eigenvalue weighted by Gasteiger charge is 2.22. The summed E-state index contributed by atoms with van der Waals surface area (Å²) in [6, 6.07) is 6.71. The first-order valence-corrected chi connectivity index (χ1v) is 7.75. The molecule has 1 aromatic heterocycles. The molecule has 8 heteroatoms. The minimum Gasteiger partial charge on any atom is -0.448 e. The summed E-state index contributed by atoms with van der Waals surface area (Å²) in [6.07, 6.45) is -0.373. The van der Waals surface area contributed by atoms with Crippen LogP contribution < -0.4 is 5.32 Å². The van der Waals surface area contributed by atoms with Crippen LogP contribution in [0.4, 0.5) is 5.69 Å². The number of rotatable bonds is 5. The van der Waals surface area contributed by atoms with Crippen molar-refractivity contribution >= 4 is 40.7 Å². The summed E-state index contributed by atoms with van der Waals surface area (Å²) < 4.78 is 8.87. The predicted molar refractivity (Wildman–Crippen MR) is 84.2 cm³/mol. The second kappa shape index (κ2) is 7.33. The number of hydrogen-bond acceptors (Lipinski definition) is 6. The highest BCUT2D eigenvalue weighted by atomic mass is 35.5. The van der Waals surface area contributed by atoms with Gasteiger partial charge in [0.05, 0.1) is 5.69 Å². The summed E-state index contributed by atoms with van der Waals surface area (Å²) in [7, 11) is 0. The standard InChI is InChI=1S/C14H14ClN3O3S/c1-3-11-12(22-18-17-11)14(20)21-8(2)13(19)16-10-6-4-5-9(15)7-10/h4-8H,3H2,1-2H3,(H,16,19)/t8-/m1/s1. The Hall–Kier alpha value is -1.99. The third kappa shape index (κ3) is 4.02. The van der Waals surface area contributed by atoms with E-state index in [1.165, 1.54) is 6.92 Å². The van der Waals surface area contributed by atoms with Crippen molar-refractivity contribution in [3.63, 3.8) is 0 Å². The van der Waals surface area contributed by atoms with E-state index >= 15 is 0 Å². The molecule has 2 aromatic rings. The molecule has 1 atom stereocenters. The van der Waals surface area contributed by atoms with Gasteiger partial charge in [0.2, 0.25) is 0 Å². The fraction of sp³-hybridized carbons (Fsp3) is 0.286. The first-order valence-electron chi connectivity index (χ1n) is 6.60. The molecule has 0 saturated carbocycles. The Kier molecular flexibility index (Phi) is 5.46. The topological polar surface area (TPSA) is 81.2 Å². The van der Waals surface area contributed by atoms with Crippen molar-refractivity contribution in [2.24, 2.45) is 0 Å². The van der Waals surface area contributed by atoms with E-state index in [4.69, 9.17) is 16.3 Å². The van der Waals surface area contributed by atoms with Crippen molar-refractivity contribution in [2.75, 3.05) is 5.32 Å². The molecular formula is C14H14ClN3O3S. The van der Waals surface area contributed by atoms with Gasteiger partial charge in [-0.1, -0.05) is 29.1 Å². The number of amides is 1. The Bertz CT molecular complexity index is 689. The third-order valence-electron chi connectivity index (χ3n) is 2.82. The number of aromatic nitrogens is 2. The lowest BCUT2D eigenvalue weighted by Crippen LogP contribution is -2.30. The molecule has 0 aliphatic carbocycles. The normalized spacial score (nSPS) is 11.8. The largest absolute Gasteiger partial charge is 0.448 e. The van der Waals surface area contributed by atoms with Gasteiger partial charge in [-0.05, 0) is 43.1 Å². The molecule has 0 aliphatic heterocycles. The van der Waals surface area contributed by atoms with Crippen LogP contribution in [0.15, 0.2) is 24.3 Å². The molecule has 0 radical (unpaired) electrons. The van der Waals surface area contributed by atoms with E-state index in [1.807, 2.05) is 6.92 Å². The zero-order valence-corrected chi connectivity index (χ0v) is 13.6. The lowest BCUT2D eigenvalue weighted by atomic mass is 10.3. The lowest BCUT2D eigenvalue weighted by Gasteiger charge is -2.13. The van der Waals surface area contributed by atoms with Gasteiger partial charge in [0, 0.05) is 10.7 Å². The fourth-order valence-electron chi connectivity index (χ4n) is 1.67. The van der Waals surface area contributed by atoms with Crippen LogP contribution in [-0.4, -0.2) is 27.6 Å². The van der Waals surface area contributed by atoms with Gasteiger partial charge in [-0.2, -0.15) is 0 Å². The number of ether oxygens (including phenoxy) is 1. The number of anilines is 1. The molecule has 116 valence electrons. The highest BCUT2D eigenvalue weighted by molar-refractivity contribution is 7.07. The molecule has 22 heavy (non-hydrogen) atoms. The summed E-state index contributed by atoms with van der Waals surface area (Å²) in [6.45, 7) is 3.36. The van der Waals surface area contributed by atoms with Crippen molar-refractivity contribution < 1.29 is 14.3 Å². The molecule has 1 aromatic carbocycles. The van der Waals surface area contributed by atoms with Crippen LogP contribution in [0.2, 0.25) is 5.02 Å². The monoisotopic (exact) mass is 339 g/mol. The molecular weight excluding hydrogens is 326 g/mol. The number of nitrogens with one attached hydrogen (secondary N) is 1. The second-order valence-electron chi connectivity index (χ2n) is 4.45. The second-order valence-corrected chi connectivity index (χ2v) is 5.64. The van der Waals surface area contributed by atoms with Crippen molar-refractivity contribution in [3.8, 4) is 0 Å². The molecule has 1 N–H and O–H groups in total. The van der Waals surface area contributed by atoms with Crippen LogP contribution in [0.1, 0.15) is 29.2 Å². The first-order chi connectivity index (χ1) is 10.5. The molecule has 0 bridgehead atoms. The number of benzene rings is 1. The summed E-state index contributed by atoms with van der Waals surface area (Å²) in [5, 5.41) is 6.98. The maximum Gasteiger partial charge on any atom is 0.352 e. The minimum absolute atomic E-state index is 0.324. The quantitative estimate of drug-likeness (QED) is 0.847. The van der Waals surface area contributed by atoms with E-state index in [2.05, 4.69) is 14.9 Å². The Morgan fingerprint density at radius 2 is 2.23 bits per heavy atom. The van der Waals surface area contributed by atoms with Crippen LogP contribution in [-0.2, 0) is 16.0 Å². The summed E-state index contributed by atoms with van der Waals surface area (Å²) in [4.78, 5) is 24.4. The number of esters is 1. The van der Waals surface area contributed by atoms with Crippen LogP contribution >= 0.6 is 23.1 Å². The van der Waals surface area contributed by atoms with Gasteiger partial charge < -0.3 is 10.1 Å². The molecule has 0 fully saturated rings. The number of nitrogens with zero attached hydrogens (tertiary/aromatic N) is 2.